The van der Waals surface area contributed by atoms with Gasteiger partial charge < -0.3 is 5.32 Å². The lowest BCUT2D eigenvalue weighted by Crippen LogP contribution is -2.31. The topological polar surface area (TPSA) is 59.1 Å². The van der Waals surface area contributed by atoms with Crippen LogP contribution in [-0.2, 0) is 9.84 Å². The van der Waals surface area contributed by atoms with E-state index in [4.69, 9.17) is 0 Å². The maximum absolute atomic E-state index is 12.1. The minimum atomic E-state index is -3.13. The van der Waals surface area contributed by atoms with Crippen LogP contribution in [0.5, 0.6) is 0 Å². The van der Waals surface area contributed by atoms with Crippen LogP contribution in [-0.4, -0.2) is 19.2 Å². The van der Waals surface area contributed by atoms with Crippen molar-refractivity contribution in [3.8, 4) is 0 Å². The first-order valence-electron chi connectivity index (χ1n) is 7.05. The summed E-state index contributed by atoms with van der Waals surface area (Å²) in [6.45, 7) is 2.07. The van der Waals surface area contributed by atoms with E-state index in [0.29, 0.717) is 11.3 Å². The van der Waals surface area contributed by atoms with Crippen LogP contribution in [0.25, 0.3) is 0 Å². The van der Waals surface area contributed by atoms with E-state index in [1.807, 2.05) is 30.5 Å². The molecule has 1 aromatic heterocycles. The molecule has 2 aromatic rings. The average molecular weight is 302 g/mol. The van der Waals surface area contributed by atoms with Crippen LogP contribution in [0.15, 0.2) is 53.7 Å². The number of hydrogen-bond acceptors (Lipinski definition) is 4. The van der Waals surface area contributed by atoms with Gasteiger partial charge in [0.15, 0.2) is 9.84 Å². The number of pyridine rings is 1. The Morgan fingerprint density at radius 1 is 1.24 bits per heavy atom. The molecule has 0 radical (unpaired) electrons. The summed E-state index contributed by atoms with van der Waals surface area (Å²) in [5.74, 6) is 0.196. The van der Waals surface area contributed by atoms with Crippen molar-refractivity contribution in [2.45, 2.75) is 30.3 Å². The number of nitrogens with one attached hydrogen (secondary N) is 1. The Kier molecular flexibility index (Phi) is 3.78. The van der Waals surface area contributed by atoms with Crippen LogP contribution in [0, 0.1) is 0 Å². The van der Waals surface area contributed by atoms with Gasteiger partial charge in [-0.15, -0.1) is 0 Å². The van der Waals surface area contributed by atoms with Crippen molar-refractivity contribution in [2.75, 3.05) is 5.75 Å². The van der Waals surface area contributed by atoms with Crippen molar-refractivity contribution >= 4 is 9.84 Å². The van der Waals surface area contributed by atoms with Gasteiger partial charge in [0, 0.05) is 24.5 Å². The maximum Gasteiger partial charge on any atom is 0.178 e. The molecule has 1 aromatic carbocycles. The monoisotopic (exact) mass is 302 g/mol. The molecule has 0 spiro atoms. The standard InChI is InChI=1S/C16H18N2O2S/c1-12(13-5-4-9-17-11-13)18-15-8-10-21(19,20)16-7-3-2-6-14(15)16/h2-7,9,11-12,15,18H,8,10H2,1H3. The molecule has 2 unspecified atom stereocenters. The van der Waals surface area contributed by atoms with Crippen molar-refractivity contribution in [3.05, 3.63) is 59.9 Å². The zero-order chi connectivity index (χ0) is 14.9. The smallest absolute Gasteiger partial charge is 0.178 e. The largest absolute Gasteiger partial charge is 0.303 e. The predicted octanol–water partition coefficient (Wildman–Crippen LogP) is 2.65. The van der Waals surface area contributed by atoms with Gasteiger partial charge in [-0.3, -0.25) is 4.98 Å². The second-order valence-corrected chi connectivity index (χ2v) is 7.45. The van der Waals surface area contributed by atoms with Gasteiger partial charge in [-0.25, -0.2) is 8.42 Å². The third-order valence-corrected chi connectivity index (χ3v) is 5.76. The van der Waals surface area contributed by atoms with Crippen LogP contribution in [0.1, 0.15) is 36.6 Å². The van der Waals surface area contributed by atoms with Gasteiger partial charge in [-0.1, -0.05) is 24.3 Å². The van der Waals surface area contributed by atoms with Gasteiger partial charge in [0.2, 0.25) is 0 Å². The molecule has 0 amide bonds. The molecule has 0 bridgehead atoms. The SMILES string of the molecule is CC(NC1CCS(=O)(=O)c2ccccc21)c1cccnc1. The van der Waals surface area contributed by atoms with Crippen molar-refractivity contribution < 1.29 is 8.42 Å². The molecular formula is C16H18N2O2S. The minimum absolute atomic E-state index is 0.0555. The van der Waals surface area contributed by atoms with E-state index in [1.165, 1.54) is 0 Å². The first kappa shape index (κ1) is 14.2. The molecule has 2 heterocycles. The highest BCUT2D eigenvalue weighted by atomic mass is 32.2. The minimum Gasteiger partial charge on any atom is -0.303 e. The summed E-state index contributed by atoms with van der Waals surface area (Å²) in [5, 5.41) is 3.52. The Balaban J connectivity index is 1.88. The normalized spacial score (nSPS) is 21.5. The van der Waals surface area contributed by atoms with E-state index >= 15 is 0 Å². The lowest BCUT2D eigenvalue weighted by atomic mass is 10.0. The highest BCUT2D eigenvalue weighted by Gasteiger charge is 2.30. The first-order valence-corrected chi connectivity index (χ1v) is 8.71. The number of hydrogen-bond donors (Lipinski definition) is 1. The van der Waals surface area contributed by atoms with E-state index < -0.39 is 9.84 Å². The molecule has 0 saturated carbocycles. The van der Waals surface area contributed by atoms with Gasteiger partial charge >= 0.3 is 0 Å². The van der Waals surface area contributed by atoms with E-state index in [1.54, 1.807) is 18.3 Å². The summed E-state index contributed by atoms with van der Waals surface area (Å²) in [6.07, 6.45) is 4.19. The number of nitrogens with zero attached hydrogens (tertiary/aromatic N) is 1. The summed E-state index contributed by atoms with van der Waals surface area (Å²) in [6, 6.07) is 11.4. The molecule has 110 valence electrons. The zero-order valence-corrected chi connectivity index (χ0v) is 12.7. The summed E-state index contributed by atoms with van der Waals surface area (Å²) < 4.78 is 24.3. The fourth-order valence-corrected chi connectivity index (χ4v) is 4.41. The quantitative estimate of drug-likeness (QED) is 0.947. The fourth-order valence-electron chi connectivity index (χ4n) is 2.79. The fraction of sp³-hybridized carbons (Fsp3) is 0.312. The third kappa shape index (κ3) is 2.84. The van der Waals surface area contributed by atoms with Gasteiger partial charge in [0.05, 0.1) is 10.6 Å². The van der Waals surface area contributed by atoms with E-state index in [0.717, 1.165) is 11.1 Å². The number of sulfone groups is 1. The van der Waals surface area contributed by atoms with Gasteiger partial charge in [0.1, 0.15) is 0 Å². The number of aromatic nitrogens is 1. The van der Waals surface area contributed by atoms with Gasteiger partial charge in [-0.05, 0) is 36.6 Å². The lowest BCUT2D eigenvalue weighted by Gasteiger charge is -2.29. The molecule has 0 fully saturated rings. The second-order valence-electron chi connectivity index (χ2n) is 5.37. The van der Waals surface area contributed by atoms with Crippen LogP contribution >= 0.6 is 0 Å². The van der Waals surface area contributed by atoms with E-state index in [-0.39, 0.29) is 17.8 Å². The maximum atomic E-state index is 12.1. The van der Waals surface area contributed by atoms with E-state index in [2.05, 4.69) is 17.2 Å². The molecule has 21 heavy (non-hydrogen) atoms. The Labute approximate surface area is 125 Å². The Hall–Kier alpha value is -1.72. The number of fused-ring (bicyclic) bond motifs is 1. The molecule has 1 N–H and O–H groups in total. The predicted molar refractivity (Wildman–Crippen MR) is 81.6 cm³/mol. The van der Waals surface area contributed by atoms with Crippen molar-refractivity contribution in [2.24, 2.45) is 0 Å². The van der Waals surface area contributed by atoms with Crippen molar-refractivity contribution in [1.29, 1.82) is 0 Å². The van der Waals surface area contributed by atoms with Crippen LogP contribution < -0.4 is 5.32 Å². The first-order chi connectivity index (χ1) is 10.1. The molecule has 3 rings (SSSR count). The van der Waals surface area contributed by atoms with Gasteiger partial charge in [-0.2, -0.15) is 0 Å². The molecule has 4 nitrogen and oxygen atoms in total. The summed E-state index contributed by atoms with van der Waals surface area (Å²) in [5.41, 5.74) is 1.97. The van der Waals surface area contributed by atoms with Crippen molar-refractivity contribution in [3.63, 3.8) is 0 Å². The molecule has 2 atom stereocenters. The molecule has 1 aliphatic heterocycles. The summed E-state index contributed by atoms with van der Waals surface area (Å²) in [4.78, 5) is 4.60. The lowest BCUT2D eigenvalue weighted by molar-refractivity contribution is 0.440. The Morgan fingerprint density at radius 3 is 2.81 bits per heavy atom. The second kappa shape index (κ2) is 5.58. The summed E-state index contributed by atoms with van der Waals surface area (Å²) in [7, 11) is -3.13. The number of rotatable bonds is 3. The van der Waals surface area contributed by atoms with Gasteiger partial charge in [0.25, 0.3) is 0 Å². The van der Waals surface area contributed by atoms with E-state index in [9.17, 15) is 8.42 Å². The Bertz CT molecular complexity index is 729. The van der Waals surface area contributed by atoms with Crippen LogP contribution in [0.3, 0.4) is 0 Å². The average Bonchev–Trinajstić information content (AvgIpc) is 2.51. The third-order valence-electron chi connectivity index (χ3n) is 3.94. The molecule has 5 heteroatoms. The Morgan fingerprint density at radius 2 is 2.05 bits per heavy atom. The molecular weight excluding hydrogens is 284 g/mol. The highest BCUT2D eigenvalue weighted by Crippen LogP contribution is 2.33. The van der Waals surface area contributed by atoms with Crippen molar-refractivity contribution in [1.82, 2.24) is 10.3 Å². The van der Waals surface area contributed by atoms with Crippen LogP contribution in [0.2, 0.25) is 0 Å². The highest BCUT2D eigenvalue weighted by molar-refractivity contribution is 7.91. The molecule has 0 aliphatic carbocycles. The molecule has 0 saturated heterocycles. The molecule has 1 aliphatic rings. The number of benzene rings is 1. The zero-order valence-electron chi connectivity index (χ0n) is 11.9. The summed E-state index contributed by atoms with van der Waals surface area (Å²) >= 11 is 0. The van der Waals surface area contributed by atoms with Crippen LogP contribution in [0.4, 0.5) is 0 Å².